The number of benzene rings is 2. The molecule has 6 rings (SSSR count). The van der Waals surface area contributed by atoms with Gasteiger partial charge in [0, 0.05) is 40.1 Å². The van der Waals surface area contributed by atoms with Gasteiger partial charge in [0.1, 0.15) is 11.0 Å². The minimum atomic E-state index is -0.0437. The normalized spacial score (nSPS) is 14.2. The first kappa shape index (κ1) is 23.1. The number of aryl methyl sites for hydroxylation is 1. The van der Waals surface area contributed by atoms with E-state index < -0.39 is 0 Å². The van der Waals surface area contributed by atoms with Crippen LogP contribution in [0.25, 0.3) is 37.2 Å². The van der Waals surface area contributed by atoms with Gasteiger partial charge >= 0.3 is 0 Å². The van der Waals surface area contributed by atoms with E-state index in [2.05, 4.69) is 39.7 Å². The van der Waals surface area contributed by atoms with E-state index in [-0.39, 0.29) is 18.0 Å². The van der Waals surface area contributed by atoms with E-state index in [1.807, 2.05) is 36.4 Å². The Labute approximate surface area is 212 Å². The first-order chi connectivity index (χ1) is 16.1. The van der Waals surface area contributed by atoms with Gasteiger partial charge < -0.3 is 4.57 Å². The van der Waals surface area contributed by atoms with Gasteiger partial charge in [0.2, 0.25) is 0 Å². The largest absolute Gasteiger partial charge is 0.346 e. The third kappa shape index (κ3) is 4.05. The fourth-order valence-electron chi connectivity index (χ4n) is 4.72. The van der Waals surface area contributed by atoms with Crippen LogP contribution in [-0.4, -0.2) is 32.1 Å². The van der Waals surface area contributed by atoms with Crippen molar-refractivity contribution in [2.24, 2.45) is 7.05 Å². The van der Waals surface area contributed by atoms with E-state index in [0.717, 1.165) is 33.6 Å². The Kier molecular flexibility index (Phi) is 6.25. The summed E-state index contributed by atoms with van der Waals surface area (Å²) in [5.41, 5.74) is 5.02. The van der Waals surface area contributed by atoms with Gasteiger partial charge in [0.05, 0.1) is 11.2 Å². The molecule has 0 aliphatic carbocycles. The topological polar surface area (TPSA) is 43.1 Å². The molecule has 0 atom stereocenters. The maximum Gasteiger partial charge on any atom is 0.275 e. The summed E-state index contributed by atoms with van der Waals surface area (Å²) in [5, 5.41) is 1.84. The molecule has 0 radical (unpaired) electrons. The predicted octanol–water partition coefficient (Wildman–Crippen LogP) is 6.28. The second kappa shape index (κ2) is 9.19. The smallest absolute Gasteiger partial charge is 0.275 e. The first-order valence-corrected chi connectivity index (χ1v) is 12.3. The lowest BCUT2D eigenvalue weighted by molar-refractivity contribution is 0.324. The molecule has 0 unspecified atom stereocenters. The Bertz CT molecular complexity index is 1550. The number of aromatic nitrogens is 3. The molecule has 1 fully saturated rings. The SMILES string of the molecule is Cl.Cn1c(CN2CCCC2)cc2cc(-n3cnc4cc(-c5ccc(Cl)cc5)sc4c3=O)ccc21. The van der Waals surface area contributed by atoms with Crippen LogP contribution in [0.15, 0.2) is 65.7 Å². The molecular formula is C26H24Cl2N4OS. The molecule has 1 saturated heterocycles. The Hall–Kier alpha value is -2.64. The van der Waals surface area contributed by atoms with Crippen molar-refractivity contribution in [2.45, 2.75) is 19.4 Å². The van der Waals surface area contributed by atoms with E-state index in [4.69, 9.17) is 11.6 Å². The van der Waals surface area contributed by atoms with E-state index >= 15 is 0 Å². The third-order valence-corrected chi connectivity index (χ3v) is 7.97. The molecule has 34 heavy (non-hydrogen) atoms. The molecule has 0 saturated carbocycles. The number of rotatable bonds is 4. The van der Waals surface area contributed by atoms with Crippen molar-refractivity contribution < 1.29 is 0 Å². The van der Waals surface area contributed by atoms with Crippen LogP contribution in [0.5, 0.6) is 0 Å². The zero-order valence-corrected chi connectivity index (χ0v) is 21.1. The van der Waals surface area contributed by atoms with Crippen LogP contribution in [0, 0.1) is 0 Å². The Morgan fingerprint density at radius 1 is 1.03 bits per heavy atom. The van der Waals surface area contributed by atoms with Crippen molar-refractivity contribution in [1.82, 2.24) is 19.0 Å². The number of likely N-dealkylation sites (tertiary alicyclic amines) is 1. The molecule has 0 spiro atoms. The molecule has 0 bridgehead atoms. The van der Waals surface area contributed by atoms with Crippen LogP contribution in [0.3, 0.4) is 0 Å². The third-order valence-electron chi connectivity index (χ3n) is 6.55. The Morgan fingerprint density at radius 3 is 2.56 bits per heavy atom. The van der Waals surface area contributed by atoms with Crippen molar-refractivity contribution in [3.05, 3.63) is 82.0 Å². The summed E-state index contributed by atoms with van der Waals surface area (Å²) in [6.45, 7) is 3.32. The maximum atomic E-state index is 13.4. The van der Waals surface area contributed by atoms with Crippen LogP contribution in [0.2, 0.25) is 5.02 Å². The monoisotopic (exact) mass is 510 g/mol. The highest BCUT2D eigenvalue weighted by atomic mass is 35.5. The molecule has 8 heteroatoms. The van der Waals surface area contributed by atoms with Crippen molar-refractivity contribution >= 4 is 56.5 Å². The fourth-order valence-corrected chi connectivity index (χ4v) is 5.89. The molecule has 3 aromatic heterocycles. The number of thiophene rings is 1. The lowest BCUT2D eigenvalue weighted by Crippen LogP contribution is -2.19. The second-order valence-electron chi connectivity index (χ2n) is 8.67. The maximum absolute atomic E-state index is 13.4. The lowest BCUT2D eigenvalue weighted by atomic mass is 10.2. The summed E-state index contributed by atoms with van der Waals surface area (Å²) in [4.78, 5) is 21.5. The number of hydrogen-bond donors (Lipinski definition) is 0. The molecule has 5 aromatic rings. The molecular weight excluding hydrogens is 487 g/mol. The number of hydrogen-bond acceptors (Lipinski definition) is 4. The van der Waals surface area contributed by atoms with Crippen LogP contribution < -0.4 is 5.56 Å². The van der Waals surface area contributed by atoms with Gasteiger partial charge in [-0.3, -0.25) is 14.3 Å². The van der Waals surface area contributed by atoms with Crippen LogP contribution in [-0.2, 0) is 13.6 Å². The van der Waals surface area contributed by atoms with Crippen molar-refractivity contribution in [3.8, 4) is 16.1 Å². The highest BCUT2D eigenvalue weighted by Crippen LogP contribution is 2.32. The molecule has 4 heterocycles. The standard InChI is InChI=1S/C26H23ClN4OS.ClH/c1-29-21(15-30-10-2-3-11-30)13-18-12-20(8-9-23(18)29)31-16-28-22-14-24(33-25(22)26(31)32)17-4-6-19(27)7-5-17;/h4-9,12-14,16H,2-3,10-11,15H2,1H3;1H. The van der Waals surface area contributed by atoms with Gasteiger partial charge in [0.15, 0.2) is 0 Å². The summed E-state index contributed by atoms with van der Waals surface area (Å²) >= 11 is 7.49. The summed E-state index contributed by atoms with van der Waals surface area (Å²) < 4.78 is 4.57. The summed E-state index contributed by atoms with van der Waals surface area (Å²) in [7, 11) is 2.12. The molecule has 0 amide bonds. The summed E-state index contributed by atoms with van der Waals surface area (Å²) in [6, 6.07) is 18.1. The van der Waals surface area contributed by atoms with E-state index in [1.54, 1.807) is 10.9 Å². The average Bonchev–Trinajstić information content (AvgIpc) is 3.55. The van der Waals surface area contributed by atoms with Crippen molar-refractivity contribution in [3.63, 3.8) is 0 Å². The molecule has 1 aliphatic rings. The predicted molar refractivity (Wildman–Crippen MR) is 144 cm³/mol. The van der Waals surface area contributed by atoms with Crippen molar-refractivity contribution in [1.29, 1.82) is 0 Å². The van der Waals surface area contributed by atoms with Crippen molar-refractivity contribution in [2.75, 3.05) is 13.1 Å². The van der Waals surface area contributed by atoms with Gasteiger partial charge in [0.25, 0.3) is 5.56 Å². The summed E-state index contributed by atoms with van der Waals surface area (Å²) in [6.07, 6.45) is 4.21. The van der Waals surface area contributed by atoms with Gasteiger partial charge in [-0.05, 0) is 74.0 Å². The molecule has 1 aliphatic heterocycles. The quantitative estimate of drug-likeness (QED) is 0.285. The Balaban J connectivity index is 0.00000241. The molecule has 174 valence electrons. The van der Waals surface area contributed by atoms with E-state index in [1.165, 1.54) is 48.5 Å². The number of fused-ring (bicyclic) bond motifs is 2. The van der Waals surface area contributed by atoms with Crippen LogP contribution in [0.1, 0.15) is 18.5 Å². The number of nitrogens with zero attached hydrogens (tertiary/aromatic N) is 4. The van der Waals surface area contributed by atoms with Gasteiger partial charge in [-0.25, -0.2) is 4.98 Å². The zero-order chi connectivity index (χ0) is 22.5. The Morgan fingerprint density at radius 2 is 1.79 bits per heavy atom. The van der Waals surface area contributed by atoms with E-state index in [9.17, 15) is 4.79 Å². The van der Waals surface area contributed by atoms with Crippen LogP contribution >= 0.6 is 35.3 Å². The highest BCUT2D eigenvalue weighted by molar-refractivity contribution is 7.22. The van der Waals surface area contributed by atoms with Gasteiger partial charge in [-0.2, -0.15) is 0 Å². The zero-order valence-electron chi connectivity index (χ0n) is 18.7. The van der Waals surface area contributed by atoms with Gasteiger partial charge in [-0.1, -0.05) is 23.7 Å². The lowest BCUT2D eigenvalue weighted by Gasteiger charge is -2.15. The molecule has 2 aromatic carbocycles. The van der Waals surface area contributed by atoms with Crippen LogP contribution in [0.4, 0.5) is 0 Å². The number of halogens is 2. The van der Waals surface area contributed by atoms with E-state index in [0.29, 0.717) is 9.72 Å². The highest BCUT2D eigenvalue weighted by Gasteiger charge is 2.16. The fraction of sp³-hybridized carbons (Fsp3) is 0.231. The molecule has 5 nitrogen and oxygen atoms in total. The average molecular weight is 511 g/mol. The first-order valence-electron chi connectivity index (χ1n) is 11.1. The van der Waals surface area contributed by atoms with Gasteiger partial charge in [-0.15, -0.1) is 23.7 Å². The molecule has 0 N–H and O–H groups in total. The summed E-state index contributed by atoms with van der Waals surface area (Å²) in [5.74, 6) is 0. The second-order valence-corrected chi connectivity index (χ2v) is 10.2. The minimum absolute atomic E-state index is 0. The minimum Gasteiger partial charge on any atom is -0.346 e.